The molecule has 0 unspecified atom stereocenters. The predicted molar refractivity (Wildman–Crippen MR) is 143 cm³/mol. The summed E-state index contributed by atoms with van der Waals surface area (Å²) in [6.45, 7) is 0. The van der Waals surface area contributed by atoms with Gasteiger partial charge in [0.2, 0.25) is 0 Å². The van der Waals surface area contributed by atoms with Crippen LogP contribution in [0.15, 0.2) is 29.6 Å². The first-order chi connectivity index (χ1) is 17.5. The lowest BCUT2D eigenvalue weighted by Gasteiger charge is -2.19. The Morgan fingerprint density at radius 2 is 1.78 bits per heavy atom. The Bertz CT molecular complexity index is 1480. The Morgan fingerprint density at radius 1 is 1.06 bits per heavy atom. The maximum atomic E-state index is 13.5. The van der Waals surface area contributed by atoms with Gasteiger partial charge in [-0.2, -0.15) is 0 Å². The molecular formula is C26H25N3O5S2. The standard InChI is InChI=1S/C26H25N3O5S2/c1-32-17-11-15(26(31)34-3)16(12-18(17)33-2)28-24(30)23-21(27)20-13-7-4-5-8-14(13)22(29-25(20)36-23)19-9-6-10-35-19/h6,9-12H,4-5,7-8,27H2,1-3H3,(H,28,30). The van der Waals surface area contributed by atoms with Crippen LogP contribution in [-0.4, -0.2) is 38.2 Å². The molecule has 1 aliphatic rings. The fraction of sp³-hybridized carbons (Fsp3) is 0.269. The highest BCUT2D eigenvalue weighted by Crippen LogP contribution is 2.43. The Labute approximate surface area is 216 Å². The smallest absolute Gasteiger partial charge is 0.340 e. The minimum Gasteiger partial charge on any atom is -0.493 e. The fourth-order valence-corrected chi connectivity index (χ4v) is 6.40. The first-order valence-corrected chi connectivity index (χ1v) is 13.1. The summed E-state index contributed by atoms with van der Waals surface area (Å²) in [4.78, 5) is 33.1. The van der Waals surface area contributed by atoms with Crippen LogP contribution in [0.2, 0.25) is 0 Å². The van der Waals surface area contributed by atoms with Gasteiger partial charge < -0.3 is 25.3 Å². The highest BCUT2D eigenvalue weighted by Gasteiger charge is 2.27. The Kier molecular flexibility index (Phi) is 6.55. The number of pyridine rings is 1. The number of hydrogen-bond acceptors (Lipinski definition) is 9. The SMILES string of the molecule is COC(=O)c1cc(OC)c(OC)cc1NC(=O)c1sc2nc(-c3cccs3)c3c(c2c1N)CCCC3. The van der Waals surface area contributed by atoms with Crippen LogP contribution in [0.25, 0.3) is 20.8 Å². The van der Waals surface area contributed by atoms with E-state index in [1.165, 1.54) is 55.9 Å². The van der Waals surface area contributed by atoms with Gasteiger partial charge in [0, 0.05) is 17.5 Å². The van der Waals surface area contributed by atoms with Crippen LogP contribution in [0.3, 0.4) is 0 Å². The molecular weight excluding hydrogens is 498 g/mol. The zero-order chi connectivity index (χ0) is 25.4. The Hall–Kier alpha value is -3.63. The normalized spacial score (nSPS) is 12.8. The van der Waals surface area contributed by atoms with Gasteiger partial charge in [-0.1, -0.05) is 6.07 Å². The molecule has 3 heterocycles. The lowest BCUT2D eigenvalue weighted by Crippen LogP contribution is -2.16. The maximum absolute atomic E-state index is 13.5. The van der Waals surface area contributed by atoms with Gasteiger partial charge in [-0.15, -0.1) is 22.7 Å². The molecule has 0 saturated carbocycles. The van der Waals surface area contributed by atoms with Crippen LogP contribution in [-0.2, 0) is 17.6 Å². The Balaban J connectivity index is 1.60. The van der Waals surface area contributed by atoms with Crippen molar-refractivity contribution in [2.45, 2.75) is 25.7 Å². The average Bonchev–Trinajstić information content (AvgIpc) is 3.55. The molecule has 10 heteroatoms. The summed E-state index contributed by atoms with van der Waals surface area (Å²) >= 11 is 2.91. The van der Waals surface area contributed by atoms with Crippen molar-refractivity contribution in [3.63, 3.8) is 0 Å². The Morgan fingerprint density at radius 3 is 2.44 bits per heavy atom. The number of ether oxygens (including phenoxy) is 3. The van der Waals surface area contributed by atoms with E-state index in [4.69, 9.17) is 24.9 Å². The van der Waals surface area contributed by atoms with Gasteiger partial charge in [0.15, 0.2) is 11.5 Å². The summed E-state index contributed by atoms with van der Waals surface area (Å²) in [7, 11) is 4.22. The number of carbonyl (C=O) groups excluding carboxylic acids is 2. The third-order valence-corrected chi connectivity index (χ3v) is 8.31. The molecule has 1 aliphatic carbocycles. The van der Waals surface area contributed by atoms with Crippen LogP contribution in [0.4, 0.5) is 11.4 Å². The average molecular weight is 524 g/mol. The summed E-state index contributed by atoms with van der Waals surface area (Å²) < 4.78 is 15.6. The number of amides is 1. The highest BCUT2D eigenvalue weighted by atomic mass is 32.1. The van der Waals surface area contributed by atoms with E-state index in [2.05, 4.69) is 11.4 Å². The number of fused-ring (bicyclic) bond motifs is 3. The minimum atomic E-state index is -0.619. The molecule has 0 atom stereocenters. The topological polar surface area (TPSA) is 113 Å². The van der Waals surface area contributed by atoms with E-state index in [-0.39, 0.29) is 11.3 Å². The van der Waals surface area contributed by atoms with Gasteiger partial charge in [-0.3, -0.25) is 4.79 Å². The van der Waals surface area contributed by atoms with Gasteiger partial charge in [0.25, 0.3) is 5.91 Å². The molecule has 8 nitrogen and oxygen atoms in total. The van der Waals surface area contributed by atoms with E-state index in [0.717, 1.165) is 46.5 Å². The van der Waals surface area contributed by atoms with E-state index < -0.39 is 11.9 Å². The number of methoxy groups -OCH3 is 3. The van der Waals surface area contributed by atoms with Crippen molar-refractivity contribution in [1.29, 1.82) is 0 Å². The largest absolute Gasteiger partial charge is 0.493 e. The van der Waals surface area contributed by atoms with E-state index in [9.17, 15) is 9.59 Å². The number of nitrogen functional groups attached to an aromatic ring is 1. The molecule has 1 amide bonds. The molecule has 1 aromatic carbocycles. The molecule has 0 radical (unpaired) electrons. The molecule has 3 N–H and O–H groups in total. The van der Waals surface area contributed by atoms with Crippen molar-refractivity contribution in [2.75, 3.05) is 32.4 Å². The van der Waals surface area contributed by atoms with E-state index >= 15 is 0 Å². The number of carbonyl (C=O) groups is 2. The third kappa shape index (κ3) is 4.06. The molecule has 36 heavy (non-hydrogen) atoms. The molecule has 3 aromatic heterocycles. The first kappa shape index (κ1) is 24.1. The monoisotopic (exact) mass is 523 g/mol. The second kappa shape index (κ2) is 9.79. The molecule has 4 aromatic rings. The van der Waals surface area contributed by atoms with E-state index in [1.54, 1.807) is 11.3 Å². The molecule has 186 valence electrons. The highest BCUT2D eigenvalue weighted by molar-refractivity contribution is 7.21. The van der Waals surface area contributed by atoms with E-state index in [1.807, 2.05) is 11.4 Å². The number of anilines is 2. The number of nitrogens with zero attached hydrogens (tertiary/aromatic N) is 1. The summed E-state index contributed by atoms with van der Waals surface area (Å²) in [5, 5.41) is 5.72. The zero-order valence-electron chi connectivity index (χ0n) is 20.1. The summed E-state index contributed by atoms with van der Waals surface area (Å²) in [6, 6.07) is 7.09. The second-order valence-electron chi connectivity index (χ2n) is 8.33. The van der Waals surface area contributed by atoms with Gasteiger partial charge in [-0.25, -0.2) is 9.78 Å². The first-order valence-electron chi connectivity index (χ1n) is 11.4. The van der Waals surface area contributed by atoms with Crippen LogP contribution in [0.5, 0.6) is 11.5 Å². The number of hydrogen-bond donors (Lipinski definition) is 2. The molecule has 0 fully saturated rings. The van der Waals surface area contributed by atoms with Crippen molar-refractivity contribution in [1.82, 2.24) is 4.98 Å². The maximum Gasteiger partial charge on any atom is 0.340 e. The van der Waals surface area contributed by atoms with Crippen LogP contribution >= 0.6 is 22.7 Å². The number of aryl methyl sites for hydroxylation is 1. The summed E-state index contributed by atoms with van der Waals surface area (Å²) in [5.41, 5.74) is 10.8. The van der Waals surface area contributed by atoms with Crippen LogP contribution in [0.1, 0.15) is 44.0 Å². The zero-order valence-corrected chi connectivity index (χ0v) is 21.7. The number of benzene rings is 1. The molecule has 0 aliphatic heterocycles. The van der Waals surface area contributed by atoms with Gasteiger partial charge in [0.1, 0.15) is 9.71 Å². The number of nitrogens with one attached hydrogen (secondary N) is 1. The van der Waals surface area contributed by atoms with Gasteiger partial charge in [-0.05, 0) is 48.3 Å². The van der Waals surface area contributed by atoms with Crippen molar-refractivity contribution in [3.8, 4) is 22.1 Å². The number of thiophene rings is 2. The van der Waals surface area contributed by atoms with E-state index in [0.29, 0.717) is 22.1 Å². The number of esters is 1. The summed E-state index contributed by atoms with van der Waals surface area (Å²) in [6.07, 6.45) is 4.01. The quantitative estimate of drug-likeness (QED) is 0.319. The lowest BCUT2D eigenvalue weighted by atomic mass is 9.88. The fourth-order valence-electron chi connectivity index (χ4n) is 4.64. The van der Waals surface area contributed by atoms with Crippen molar-refractivity contribution in [2.24, 2.45) is 0 Å². The van der Waals surface area contributed by atoms with Gasteiger partial charge >= 0.3 is 5.97 Å². The number of aromatic nitrogens is 1. The van der Waals surface area contributed by atoms with Gasteiger partial charge in [0.05, 0.1) is 48.8 Å². The van der Waals surface area contributed by atoms with Crippen molar-refractivity contribution >= 4 is 56.1 Å². The number of rotatable bonds is 6. The predicted octanol–water partition coefficient (Wildman–Crippen LogP) is 5.54. The molecule has 5 rings (SSSR count). The minimum absolute atomic E-state index is 0.138. The molecule has 0 saturated heterocycles. The summed E-state index contributed by atoms with van der Waals surface area (Å²) in [5.74, 6) is -0.350. The van der Waals surface area contributed by atoms with Crippen LogP contribution < -0.4 is 20.5 Å². The second-order valence-corrected chi connectivity index (χ2v) is 10.3. The lowest BCUT2D eigenvalue weighted by molar-refractivity contribution is 0.0601. The molecule has 0 spiro atoms. The third-order valence-electron chi connectivity index (χ3n) is 6.33. The van der Waals surface area contributed by atoms with Crippen molar-refractivity contribution in [3.05, 3.63) is 51.2 Å². The van der Waals surface area contributed by atoms with Crippen molar-refractivity contribution < 1.29 is 23.8 Å². The molecule has 0 bridgehead atoms. The van der Waals surface area contributed by atoms with Crippen LogP contribution in [0, 0.1) is 0 Å². The number of nitrogens with two attached hydrogens (primary N) is 1.